The molecule has 2 aromatic rings. The molecule has 2 atom stereocenters. The van der Waals surface area contributed by atoms with Crippen LogP contribution in [0.5, 0.6) is 0 Å². The summed E-state index contributed by atoms with van der Waals surface area (Å²) < 4.78 is 27.4. The number of hydrogen-bond acceptors (Lipinski definition) is 6. The molecule has 2 saturated carbocycles. The number of halogens is 3. The summed E-state index contributed by atoms with van der Waals surface area (Å²) in [4.78, 5) is 52.7. The lowest BCUT2D eigenvalue weighted by atomic mass is 9.87. The van der Waals surface area contributed by atoms with E-state index < -0.39 is 54.6 Å². The molecule has 1 saturated heterocycles. The van der Waals surface area contributed by atoms with Crippen LogP contribution in [0.3, 0.4) is 0 Å². The molecule has 0 unspecified atom stereocenters. The standard InChI is InChI=1S/C31H29ClF2N6O3/c32-24-7-2-1-6-23(24)27(28(42)37-21-15-31(33,34)16-21)39(22-5-3-4-19(14-22)18-8-9-18)29(43)25-10-11-26(41)40(25)30-36-13-12-20(17-35)38-30/h1,3-6,12-14,18,21,25,27H,2,7-11,15-16H2,(H,37,42)/t25-,27-/m0/s1. The zero-order valence-electron chi connectivity index (χ0n) is 23.2. The molecule has 2 heterocycles. The highest BCUT2D eigenvalue weighted by Gasteiger charge is 2.49. The van der Waals surface area contributed by atoms with E-state index in [1.165, 1.54) is 22.1 Å². The third-order valence-corrected chi connectivity index (χ3v) is 8.69. The average Bonchev–Trinajstić information content (AvgIpc) is 3.76. The topological polar surface area (TPSA) is 119 Å². The molecular weight excluding hydrogens is 578 g/mol. The van der Waals surface area contributed by atoms with Gasteiger partial charge in [-0.15, -0.1) is 0 Å². The van der Waals surface area contributed by atoms with Crippen LogP contribution in [0.4, 0.5) is 20.4 Å². The minimum absolute atomic E-state index is 0.0312. The Bertz CT molecular complexity index is 1580. The number of aromatic nitrogens is 2. The fourth-order valence-corrected chi connectivity index (χ4v) is 6.22. The first-order valence-corrected chi connectivity index (χ1v) is 14.7. The van der Waals surface area contributed by atoms with Gasteiger partial charge in [0.05, 0.1) is 0 Å². The van der Waals surface area contributed by atoms with Gasteiger partial charge < -0.3 is 5.32 Å². The van der Waals surface area contributed by atoms with Crippen molar-refractivity contribution in [2.45, 2.75) is 81.3 Å². The molecule has 222 valence electrons. The number of allylic oxidation sites excluding steroid dienone is 2. The van der Waals surface area contributed by atoms with E-state index in [1.54, 1.807) is 12.1 Å². The van der Waals surface area contributed by atoms with Crippen LogP contribution in [0.25, 0.3) is 0 Å². The molecule has 0 spiro atoms. The minimum Gasteiger partial charge on any atom is -0.351 e. The van der Waals surface area contributed by atoms with Crippen LogP contribution >= 0.6 is 11.6 Å². The van der Waals surface area contributed by atoms with Crippen molar-refractivity contribution in [1.82, 2.24) is 15.3 Å². The Hall–Kier alpha value is -4.17. The van der Waals surface area contributed by atoms with Crippen molar-refractivity contribution < 1.29 is 23.2 Å². The van der Waals surface area contributed by atoms with E-state index in [9.17, 15) is 28.4 Å². The summed E-state index contributed by atoms with van der Waals surface area (Å²) in [6.07, 6.45) is 7.19. The smallest absolute Gasteiger partial charge is 0.252 e. The molecule has 0 radical (unpaired) electrons. The summed E-state index contributed by atoms with van der Waals surface area (Å²) >= 11 is 6.70. The van der Waals surface area contributed by atoms with Crippen LogP contribution in [-0.4, -0.2) is 51.7 Å². The predicted octanol–water partition coefficient (Wildman–Crippen LogP) is 4.88. The van der Waals surface area contributed by atoms with Gasteiger partial charge in [-0.25, -0.2) is 18.7 Å². The van der Waals surface area contributed by atoms with Crippen molar-refractivity contribution in [1.29, 1.82) is 5.26 Å². The molecule has 1 aromatic carbocycles. The van der Waals surface area contributed by atoms with Crippen LogP contribution in [0, 0.1) is 11.3 Å². The van der Waals surface area contributed by atoms with E-state index in [1.807, 2.05) is 30.3 Å². The predicted molar refractivity (Wildman–Crippen MR) is 154 cm³/mol. The normalized spacial score (nSPS) is 22.1. The molecule has 0 bridgehead atoms. The number of nitrogens with one attached hydrogen (secondary N) is 1. The molecule has 4 aliphatic rings. The van der Waals surface area contributed by atoms with Crippen molar-refractivity contribution in [2.75, 3.05) is 9.80 Å². The highest BCUT2D eigenvalue weighted by atomic mass is 35.5. The van der Waals surface area contributed by atoms with Gasteiger partial charge in [0.2, 0.25) is 17.8 Å². The highest BCUT2D eigenvalue weighted by molar-refractivity contribution is 6.30. The van der Waals surface area contributed by atoms with Crippen molar-refractivity contribution in [3.8, 4) is 6.07 Å². The fourth-order valence-electron chi connectivity index (χ4n) is 5.94. The number of nitrogens with zero attached hydrogens (tertiary/aromatic N) is 5. The summed E-state index contributed by atoms with van der Waals surface area (Å²) in [6.45, 7) is 0. The van der Waals surface area contributed by atoms with E-state index in [4.69, 9.17) is 11.6 Å². The number of amides is 3. The number of nitriles is 1. The Morgan fingerprint density at radius 2 is 1.98 bits per heavy atom. The first-order chi connectivity index (χ1) is 20.6. The summed E-state index contributed by atoms with van der Waals surface area (Å²) in [6, 6.07) is 7.55. The fraction of sp³-hybridized carbons (Fsp3) is 0.419. The molecule has 12 heteroatoms. The van der Waals surface area contributed by atoms with Gasteiger partial charge in [0, 0.05) is 42.2 Å². The van der Waals surface area contributed by atoms with E-state index in [-0.39, 0.29) is 24.5 Å². The van der Waals surface area contributed by atoms with Crippen LogP contribution in [-0.2, 0) is 14.4 Å². The lowest BCUT2D eigenvalue weighted by Crippen LogP contribution is -2.60. The van der Waals surface area contributed by atoms with Crippen molar-refractivity contribution in [3.05, 3.63) is 70.5 Å². The van der Waals surface area contributed by atoms with Gasteiger partial charge in [-0.3, -0.25) is 24.2 Å². The molecule has 9 nitrogen and oxygen atoms in total. The average molecular weight is 607 g/mol. The van der Waals surface area contributed by atoms with Gasteiger partial charge in [0.1, 0.15) is 23.8 Å². The van der Waals surface area contributed by atoms with E-state index in [0.29, 0.717) is 35.1 Å². The summed E-state index contributed by atoms with van der Waals surface area (Å²) in [7, 11) is 0. The minimum atomic E-state index is -2.86. The lowest BCUT2D eigenvalue weighted by molar-refractivity contribution is -0.132. The van der Waals surface area contributed by atoms with Crippen LogP contribution < -0.4 is 15.1 Å². The van der Waals surface area contributed by atoms with E-state index in [0.717, 1.165) is 18.4 Å². The molecule has 3 aliphatic carbocycles. The summed E-state index contributed by atoms with van der Waals surface area (Å²) in [5.41, 5.74) is 1.86. The van der Waals surface area contributed by atoms with Gasteiger partial charge >= 0.3 is 0 Å². The van der Waals surface area contributed by atoms with Crippen molar-refractivity contribution >= 4 is 41.0 Å². The molecule has 1 aromatic heterocycles. The van der Waals surface area contributed by atoms with E-state index >= 15 is 0 Å². The quantitative estimate of drug-likeness (QED) is 0.457. The second-order valence-electron chi connectivity index (χ2n) is 11.4. The second kappa shape index (κ2) is 11.5. The summed E-state index contributed by atoms with van der Waals surface area (Å²) in [5, 5.41) is 12.5. The highest BCUT2D eigenvalue weighted by Crippen LogP contribution is 2.42. The maximum absolute atomic E-state index is 14.7. The first-order valence-electron chi connectivity index (χ1n) is 14.4. The third kappa shape index (κ3) is 5.89. The zero-order valence-corrected chi connectivity index (χ0v) is 23.9. The summed E-state index contributed by atoms with van der Waals surface area (Å²) in [5.74, 6) is -4.20. The Kier molecular flexibility index (Phi) is 7.73. The second-order valence-corrected chi connectivity index (χ2v) is 11.9. The number of anilines is 2. The molecule has 3 amide bonds. The largest absolute Gasteiger partial charge is 0.351 e. The van der Waals surface area contributed by atoms with E-state index in [2.05, 4.69) is 15.3 Å². The zero-order chi connectivity index (χ0) is 30.3. The number of benzene rings is 1. The van der Waals surface area contributed by atoms with Crippen molar-refractivity contribution in [3.63, 3.8) is 0 Å². The molecule has 1 aliphatic heterocycles. The maximum Gasteiger partial charge on any atom is 0.252 e. The number of alkyl halides is 2. The number of carbonyl (C=O) groups excluding carboxylic acids is 3. The monoisotopic (exact) mass is 606 g/mol. The lowest BCUT2D eigenvalue weighted by Gasteiger charge is -2.39. The SMILES string of the molecule is N#Cc1ccnc(N2C(=O)CC[C@H]2C(=O)N(c2cccc(C3CC3)c2)[C@H](C(=O)NC2CC(F)(F)C2)C2=C(Cl)CCC=C2)n1. The van der Waals surface area contributed by atoms with Crippen molar-refractivity contribution in [2.24, 2.45) is 0 Å². The first kappa shape index (κ1) is 28.9. The maximum atomic E-state index is 14.7. The third-order valence-electron chi connectivity index (χ3n) is 8.28. The van der Waals surface area contributed by atoms with Gasteiger partial charge in [-0.2, -0.15) is 5.26 Å². The molecule has 43 heavy (non-hydrogen) atoms. The Morgan fingerprint density at radius 1 is 1.19 bits per heavy atom. The van der Waals surface area contributed by atoms with Crippen LogP contribution in [0.2, 0.25) is 0 Å². The Labute approximate surface area is 252 Å². The van der Waals surface area contributed by atoms with Gasteiger partial charge in [0.25, 0.3) is 11.8 Å². The molecule has 3 fully saturated rings. The molecular formula is C31H29ClF2N6O3. The van der Waals surface area contributed by atoms with Gasteiger partial charge in [0.15, 0.2) is 0 Å². The molecule has 1 N–H and O–H groups in total. The Morgan fingerprint density at radius 3 is 2.67 bits per heavy atom. The number of carbonyl (C=O) groups is 3. The number of rotatable bonds is 8. The van der Waals surface area contributed by atoms with Gasteiger partial charge in [-0.05, 0) is 67.4 Å². The Balaban J connectivity index is 1.44. The number of hydrogen-bond donors (Lipinski definition) is 1. The van der Waals surface area contributed by atoms with Crippen LogP contribution in [0.15, 0.2) is 59.3 Å². The van der Waals surface area contributed by atoms with Crippen LogP contribution in [0.1, 0.15) is 68.5 Å². The molecule has 6 rings (SSSR count). The van der Waals surface area contributed by atoms with Gasteiger partial charge in [-0.1, -0.05) is 35.9 Å².